The molecule has 2 aromatic rings. The molecular formula is C27H30F4O3. The van der Waals surface area contributed by atoms with E-state index in [1.807, 2.05) is 0 Å². The van der Waals surface area contributed by atoms with E-state index >= 15 is 0 Å². The maximum absolute atomic E-state index is 15.0. The molecule has 2 fully saturated rings. The second-order valence-corrected chi connectivity index (χ2v) is 9.64. The molecule has 0 saturated heterocycles. The van der Waals surface area contributed by atoms with Gasteiger partial charge in [-0.15, -0.1) is 13.2 Å². The number of benzene rings is 2. The van der Waals surface area contributed by atoms with Crippen LogP contribution >= 0.6 is 0 Å². The predicted molar refractivity (Wildman–Crippen MR) is 120 cm³/mol. The summed E-state index contributed by atoms with van der Waals surface area (Å²) >= 11 is 0. The van der Waals surface area contributed by atoms with Crippen LogP contribution in [0.1, 0.15) is 80.1 Å². The molecule has 0 N–H and O–H groups in total. The summed E-state index contributed by atoms with van der Waals surface area (Å²) in [6.07, 6.45) is 4.65. The van der Waals surface area contributed by atoms with E-state index in [0.29, 0.717) is 11.5 Å². The smallest absolute Gasteiger partial charge is 0.423 e. The first-order chi connectivity index (χ1) is 16.2. The number of ether oxygens (including phenoxy) is 2. The van der Waals surface area contributed by atoms with Gasteiger partial charge in [0.2, 0.25) is 0 Å². The van der Waals surface area contributed by atoms with Gasteiger partial charge in [0.25, 0.3) is 0 Å². The minimum Gasteiger partial charge on any atom is -0.423 e. The zero-order valence-electron chi connectivity index (χ0n) is 19.2. The van der Waals surface area contributed by atoms with Crippen molar-refractivity contribution >= 4 is 5.97 Å². The van der Waals surface area contributed by atoms with E-state index in [-0.39, 0.29) is 17.2 Å². The number of esters is 1. The van der Waals surface area contributed by atoms with Gasteiger partial charge in [-0.3, -0.25) is 0 Å². The zero-order valence-corrected chi connectivity index (χ0v) is 19.2. The summed E-state index contributed by atoms with van der Waals surface area (Å²) in [4.78, 5) is 12.4. The van der Waals surface area contributed by atoms with Crippen molar-refractivity contribution in [3.63, 3.8) is 0 Å². The number of rotatable bonds is 6. The first kappa shape index (κ1) is 24.6. The van der Waals surface area contributed by atoms with Gasteiger partial charge in [0.05, 0.1) is 5.56 Å². The Labute approximate surface area is 197 Å². The third-order valence-electron chi connectivity index (χ3n) is 7.36. The highest BCUT2D eigenvalue weighted by molar-refractivity contribution is 5.91. The minimum atomic E-state index is -4.80. The molecule has 184 valence electrons. The third kappa shape index (κ3) is 6.10. The summed E-state index contributed by atoms with van der Waals surface area (Å²) < 4.78 is 60.8. The van der Waals surface area contributed by atoms with Crippen molar-refractivity contribution in [3.05, 3.63) is 59.4 Å². The molecule has 2 aliphatic rings. The molecule has 7 heteroatoms. The molecule has 4 unspecified atom stereocenters. The zero-order chi connectivity index (χ0) is 24.3. The summed E-state index contributed by atoms with van der Waals surface area (Å²) in [5.41, 5.74) is 0.713. The molecule has 3 nitrogen and oxygen atoms in total. The number of fused-ring (bicyclic) bond motifs is 1. The lowest BCUT2D eigenvalue weighted by Gasteiger charge is -2.42. The molecule has 0 aliphatic heterocycles. The number of halogens is 4. The Bertz CT molecular complexity index is 986. The molecule has 4 atom stereocenters. The third-order valence-corrected chi connectivity index (χ3v) is 7.36. The Balaban J connectivity index is 1.36. The van der Waals surface area contributed by atoms with Crippen molar-refractivity contribution in [2.75, 3.05) is 0 Å². The topological polar surface area (TPSA) is 35.5 Å². The van der Waals surface area contributed by atoms with E-state index in [9.17, 15) is 22.4 Å². The van der Waals surface area contributed by atoms with Gasteiger partial charge in [-0.2, -0.15) is 0 Å². The van der Waals surface area contributed by atoms with Crippen LogP contribution in [0.3, 0.4) is 0 Å². The average Bonchev–Trinajstić information content (AvgIpc) is 2.79. The molecule has 0 spiro atoms. The molecule has 0 heterocycles. The van der Waals surface area contributed by atoms with Crippen LogP contribution in [0.25, 0.3) is 0 Å². The molecule has 0 bridgehead atoms. The highest BCUT2D eigenvalue weighted by Gasteiger charge is 2.36. The van der Waals surface area contributed by atoms with Crippen LogP contribution in [0, 0.1) is 23.6 Å². The van der Waals surface area contributed by atoms with Gasteiger partial charge in [0, 0.05) is 0 Å². The highest BCUT2D eigenvalue weighted by Crippen LogP contribution is 2.48. The second kappa shape index (κ2) is 10.4. The van der Waals surface area contributed by atoms with E-state index in [0.717, 1.165) is 43.2 Å². The lowest BCUT2D eigenvalue weighted by Crippen LogP contribution is -2.30. The number of hydrogen-bond acceptors (Lipinski definition) is 3. The van der Waals surface area contributed by atoms with Gasteiger partial charge in [-0.05, 0) is 97.7 Å². The van der Waals surface area contributed by atoms with E-state index in [1.165, 1.54) is 50.3 Å². The van der Waals surface area contributed by atoms with Gasteiger partial charge in [-0.1, -0.05) is 32.3 Å². The molecule has 0 aromatic heterocycles. The molecular weight excluding hydrogens is 448 g/mol. The van der Waals surface area contributed by atoms with Crippen molar-refractivity contribution in [3.8, 4) is 11.5 Å². The second-order valence-electron chi connectivity index (χ2n) is 9.64. The number of alkyl halides is 3. The molecule has 34 heavy (non-hydrogen) atoms. The van der Waals surface area contributed by atoms with E-state index in [1.54, 1.807) is 12.1 Å². The number of carbonyl (C=O) groups excluding carboxylic acids is 1. The fourth-order valence-electron chi connectivity index (χ4n) is 5.80. The van der Waals surface area contributed by atoms with Crippen molar-refractivity contribution in [2.45, 2.75) is 70.6 Å². The molecule has 2 aliphatic carbocycles. The predicted octanol–water partition coefficient (Wildman–Crippen LogP) is 8.04. The lowest BCUT2D eigenvalue weighted by molar-refractivity contribution is -0.274. The standard InChI is InChI=1S/C27H30F4O3/c1-2-3-17-4-5-19-15-20(7-6-18(19)14-17)24-13-8-21(16-25(24)28)26(32)33-22-9-11-23(12-10-22)34-27(29,30)31/h8-13,16-20H,2-7,14-15H2,1H3. The van der Waals surface area contributed by atoms with E-state index in [2.05, 4.69) is 11.7 Å². The van der Waals surface area contributed by atoms with Gasteiger partial charge in [0.15, 0.2) is 0 Å². The van der Waals surface area contributed by atoms with Gasteiger partial charge in [0.1, 0.15) is 17.3 Å². The largest absolute Gasteiger partial charge is 0.573 e. The van der Waals surface area contributed by atoms with Crippen molar-refractivity contribution in [2.24, 2.45) is 17.8 Å². The summed E-state index contributed by atoms with van der Waals surface area (Å²) in [5, 5.41) is 0. The molecule has 2 aromatic carbocycles. The maximum Gasteiger partial charge on any atom is 0.573 e. The lowest BCUT2D eigenvalue weighted by atomic mass is 9.63. The van der Waals surface area contributed by atoms with Crippen LogP contribution < -0.4 is 9.47 Å². The summed E-state index contributed by atoms with van der Waals surface area (Å²) in [5.74, 6) is 0.858. The van der Waals surface area contributed by atoms with Crippen LogP contribution in [0.2, 0.25) is 0 Å². The fourth-order valence-corrected chi connectivity index (χ4v) is 5.80. The summed E-state index contributed by atoms with van der Waals surface area (Å²) in [7, 11) is 0. The van der Waals surface area contributed by atoms with Crippen molar-refractivity contribution < 1.29 is 31.8 Å². The van der Waals surface area contributed by atoms with Gasteiger partial charge in [-0.25, -0.2) is 9.18 Å². The summed E-state index contributed by atoms with van der Waals surface area (Å²) in [6.45, 7) is 2.24. The van der Waals surface area contributed by atoms with Crippen molar-refractivity contribution in [1.82, 2.24) is 0 Å². The first-order valence-electron chi connectivity index (χ1n) is 12.1. The Morgan fingerprint density at radius 2 is 1.62 bits per heavy atom. The quantitative estimate of drug-likeness (QED) is 0.239. The molecule has 2 saturated carbocycles. The maximum atomic E-state index is 15.0. The first-order valence-corrected chi connectivity index (χ1v) is 12.1. The van der Waals surface area contributed by atoms with Crippen LogP contribution in [0.15, 0.2) is 42.5 Å². The monoisotopic (exact) mass is 478 g/mol. The van der Waals surface area contributed by atoms with E-state index < -0.39 is 23.9 Å². The minimum absolute atomic E-state index is 0.0426. The van der Waals surface area contributed by atoms with Crippen LogP contribution in [-0.2, 0) is 0 Å². The van der Waals surface area contributed by atoms with E-state index in [4.69, 9.17) is 4.74 Å². The van der Waals surface area contributed by atoms with Crippen molar-refractivity contribution in [1.29, 1.82) is 0 Å². The Morgan fingerprint density at radius 1 is 0.941 bits per heavy atom. The average molecular weight is 479 g/mol. The van der Waals surface area contributed by atoms with Crippen LogP contribution in [0.5, 0.6) is 11.5 Å². The SMILES string of the molecule is CCCC1CCC2CC(c3ccc(C(=O)Oc4ccc(OC(F)(F)F)cc4)cc3F)CCC2C1. The van der Waals surface area contributed by atoms with Gasteiger partial charge >= 0.3 is 12.3 Å². The number of carbonyl (C=O) groups is 1. The summed E-state index contributed by atoms with van der Waals surface area (Å²) in [6, 6.07) is 8.92. The molecule has 0 amide bonds. The fraction of sp³-hybridized carbons (Fsp3) is 0.519. The number of hydrogen-bond donors (Lipinski definition) is 0. The van der Waals surface area contributed by atoms with Crippen LogP contribution in [-0.4, -0.2) is 12.3 Å². The molecule has 4 rings (SSSR count). The Hall–Kier alpha value is -2.57. The Morgan fingerprint density at radius 3 is 2.29 bits per heavy atom. The highest BCUT2D eigenvalue weighted by atomic mass is 19.4. The normalized spacial score (nSPS) is 24.9. The van der Waals surface area contributed by atoms with Gasteiger partial charge < -0.3 is 9.47 Å². The molecule has 0 radical (unpaired) electrons. The Kier molecular flexibility index (Phi) is 7.48. The van der Waals surface area contributed by atoms with Crippen LogP contribution in [0.4, 0.5) is 17.6 Å².